The molecule has 0 aromatic heterocycles. The van der Waals surface area contributed by atoms with Gasteiger partial charge in [0.15, 0.2) is 30.2 Å². The average molecular weight is 1480 g/mol. The van der Waals surface area contributed by atoms with Gasteiger partial charge in [0.1, 0.15) is 17.9 Å². The average Bonchev–Trinajstić information content (AvgIpc) is 1.41. The summed E-state index contributed by atoms with van der Waals surface area (Å²) in [6, 6.07) is 0. The fraction of sp³-hybridized carbons (Fsp3) is 0.774. The SMILES string of the molecule is CC.CC.CC.CCC(=O)OCC(=O)[C@@]1(OC(=O)CC)[C@H](C)C[C@H]2[C@@H]3CCC4=CC=CC[C@]4(C)[C@@]3(F)[C@@H](O)C[C@@]21C.CCC(=O)OCC(=O)[C@@]1(OC(=O)CC)[C@H](C)C[C@H]2[C@H]3[C@H]([C@@H](O)C[C@@]21C)[C@@]1(C)C=CCC=C1C[C@H]3Cl.C[C@@H]1C[C@H]2[C@H]3[C@H]([C@@H](O)C[C@]2(C)[C@@]1(O)C(=O)CO)[C@@]1(C)C=CCC=C1C[C@H]3Cl. The van der Waals surface area contributed by atoms with Crippen molar-refractivity contribution in [2.45, 2.75) is 292 Å². The highest BCUT2D eigenvalue weighted by Gasteiger charge is 2.79. The molecule has 0 aromatic rings. The molecule has 0 aliphatic heterocycles. The lowest BCUT2D eigenvalue weighted by Gasteiger charge is -2.63. The van der Waals surface area contributed by atoms with Crippen molar-refractivity contribution in [3.05, 3.63) is 71.4 Å². The molecule has 580 valence electrons. The van der Waals surface area contributed by atoms with Crippen LogP contribution in [0.5, 0.6) is 0 Å². The zero-order valence-corrected chi connectivity index (χ0v) is 66.9. The maximum atomic E-state index is 17.4. The molecule has 0 spiro atoms. The number of hydrogen-bond donors (Lipinski definition) is 5. The Kier molecular flexibility index (Phi) is 27.4. The number of aliphatic hydroxyl groups excluding tert-OH is 4. The van der Waals surface area contributed by atoms with Crippen LogP contribution in [-0.2, 0) is 52.5 Å². The molecule has 5 N–H and O–H groups in total. The van der Waals surface area contributed by atoms with Gasteiger partial charge in [0.05, 0.1) is 18.3 Å². The number of ether oxygens (including phenoxy) is 4. The number of Topliss-reactive ketones (excluding diaryl/α,β-unsaturated/α-hetero) is 3. The van der Waals surface area contributed by atoms with E-state index < -0.39 is 135 Å². The van der Waals surface area contributed by atoms with Gasteiger partial charge in [0, 0.05) is 98.5 Å². The Hall–Kier alpha value is -4.36. The fourth-order valence-electron chi connectivity index (χ4n) is 23.8. The molecule has 0 radical (unpaired) electrons. The Bertz CT molecular complexity index is 3320. The van der Waals surface area contributed by atoms with Crippen molar-refractivity contribution in [3.63, 3.8) is 0 Å². The van der Waals surface area contributed by atoms with Crippen molar-refractivity contribution < 1.29 is 82.4 Å². The minimum atomic E-state index is -1.85. The van der Waals surface area contributed by atoms with E-state index in [1.807, 2.05) is 108 Å². The summed E-state index contributed by atoms with van der Waals surface area (Å²) in [5, 5.41) is 55.3. The summed E-state index contributed by atoms with van der Waals surface area (Å²) in [6.07, 6.45) is 24.6. The molecule has 103 heavy (non-hydrogen) atoms. The first kappa shape index (κ1) is 85.9. The Morgan fingerprint density at radius 2 is 0.951 bits per heavy atom. The van der Waals surface area contributed by atoms with E-state index in [2.05, 4.69) is 50.3 Å². The molecule has 12 rings (SSSR count). The molecule has 19 heteroatoms. The predicted octanol–water partition coefficient (Wildman–Crippen LogP) is 15.3. The molecule has 12 aliphatic carbocycles. The van der Waals surface area contributed by atoms with Crippen molar-refractivity contribution in [1.29, 1.82) is 0 Å². The highest BCUT2D eigenvalue weighted by molar-refractivity contribution is 6.21. The summed E-state index contributed by atoms with van der Waals surface area (Å²) in [4.78, 5) is 89.3. The normalized spacial score (nSPS) is 44.2. The van der Waals surface area contributed by atoms with E-state index in [0.717, 1.165) is 37.7 Å². The van der Waals surface area contributed by atoms with Crippen molar-refractivity contribution in [2.24, 2.45) is 97.6 Å². The zero-order chi connectivity index (χ0) is 77.3. The lowest BCUT2D eigenvalue weighted by atomic mass is 9.44. The van der Waals surface area contributed by atoms with Gasteiger partial charge < -0.3 is 44.5 Å². The van der Waals surface area contributed by atoms with E-state index in [-0.39, 0.29) is 107 Å². The van der Waals surface area contributed by atoms with Gasteiger partial charge in [0.25, 0.3) is 0 Å². The summed E-state index contributed by atoms with van der Waals surface area (Å²) < 4.78 is 39.9. The Morgan fingerprint density at radius 1 is 0.544 bits per heavy atom. The second kappa shape index (κ2) is 32.8. The van der Waals surface area contributed by atoms with Gasteiger partial charge in [-0.2, -0.15) is 0 Å². The van der Waals surface area contributed by atoms with Crippen LogP contribution in [0.25, 0.3) is 0 Å². The van der Waals surface area contributed by atoms with E-state index in [4.69, 9.17) is 42.1 Å². The van der Waals surface area contributed by atoms with Gasteiger partial charge in [0.2, 0.25) is 11.6 Å². The summed E-state index contributed by atoms with van der Waals surface area (Å²) in [6.45, 7) is 34.8. The van der Waals surface area contributed by atoms with E-state index in [0.29, 0.717) is 44.9 Å². The van der Waals surface area contributed by atoms with E-state index >= 15 is 4.39 Å². The largest absolute Gasteiger partial charge is 0.457 e. The van der Waals surface area contributed by atoms with Crippen molar-refractivity contribution in [3.8, 4) is 0 Å². The molecule has 0 bridgehead atoms. The number of carbonyl (C=O) groups is 7. The second-order valence-electron chi connectivity index (χ2n) is 32.6. The maximum absolute atomic E-state index is 17.4. The van der Waals surface area contributed by atoms with Crippen LogP contribution in [0.1, 0.15) is 241 Å². The monoisotopic (exact) mass is 1480 g/mol. The fourth-order valence-corrected chi connectivity index (χ4v) is 24.8. The zero-order valence-electron chi connectivity index (χ0n) is 65.4. The summed E-state index contributed by atoms with van der Waals surface area (Å²) >= 11 is 14.0. The topological polar surface area (TPSA) is 258 Å². The van der Waals surface area contributed by atoms with Crippen molar-refractivity contribution >= 4 is 64.4 Å². The van der Waals surface area contributed by atoms with E-state index in [9.17, 15) is 59.1 Å². The minimum absolute atomic E-state index is 0.00789. The first-order valence-electron chi connectivity index (χ1n) is 39.3. The molecule has 0 unspecified atom stereocenters. The Balaban J connectivity index is 0.000000210. The molecule has 0 aromatic carbocycles. The third kappa shape index (κ3) is 13.5. The molecule has 12 aliphatic rings. The van der Waals surface area contributed by atoms with Gasteiger partial charge in [-0.15, -0.1) is 23.2 Å². The quantitative estimate of drug-likeness (QED) is 0.0469. The number of alkyl halides is 3. The lowest BCUT2D eigenvalue weighted by Crippen LogP contribution is -2.70. The number of carbonyl (C=O) groups excluding carboxylic acids is 7. The molecule has 0 heterocycles. The lowest BCUT2D eigenvalue weighted by molar-refractivity contribution is -0.234. The molecule has 9 fully saturated rings. The van der Waals surface area contributed by atoms with Crippen LogP contribution in [0.2, 0.25) is 0 Å². The molecule has 0 saturated heterocycles. The van der Waals surface area contributed by atoms with Crippen LogP contribution >= 0.6 is 23.2 Å². The Morgan fingerprint density at radius 3 is 1.39 bits per heavy atom. The number of allylic oxidation sites excluding steroid dienone is 12. The van der Waals surface area contributed by atoms with E-state index in [1.54, 1.807) is 27.7 Å². The predicted molar refractivity (Wildman–Crippen MR) is 399 cm³/mol. The van der Waals surface area contributed by atoms with Gasteiger partial charge in [-0.1, -0.05) is 203 Å². The number of rotatable bonds is 14. The number of fused-ring (bicyclic) bond motifs is 15. The first-order chi connectivity index (χ1) is 48.5. The number of ketones is 3. The number of halogens is 3. The van der Waals surface area contributed by atoms with Crippen LogP contribution in [0.4, 0.5) is 4.39 Å². The van der Waals surface area contributed by atoms with Gasteiger partial charge in [-0.3, -0.25) is 33.6 Å². The summed E-state index contributed by atoms with van der Waals surface area (Å²) in [7, 11) is 0. The van der Waals surface area contributed by atoms with Crippen LogP contribution in [0.3, 0.4) is 0 Å². The maximum Gasteiger partial charge on any atom is 0.306 e. The van der Waals surface area contributed by atoms with Crippen LogP contribution in [-0.4, -0.2) is 138 Å². The van der Waals surface area contributed by atoms with Crippen LogP contribution in [0, 0.1) is 97.6 Å². The molecule has 0 amide bonds. The first-order valence-corrected chi connectivity index (χ1v) is 40.2. The number of esters is 4. The highest BCUT2D eigenvalue weighted by Crippen LogP contribution is 2.74. The van der Waals surface area contributed by atoms with Gasteiger partial charge in [-0.25, -0.2) is 4.39 Å². The third-order valence-corrected chi connectivity index (χ3v) is 29.2. The molecular weight excluding hydrogens is 1350 g/mol. The Labute approximate surface area is 624 Å². The second-order valence-corrected chi connectivity index (χ2v) is 33.7. The number of hydrogen-bond acceptors (Lipinski definition) is 16. The van der Waals surface area contributed by atoms with E-state index in [1.165, 1.54) is 11.1 Å². The van der Waals surface area contributed by atoms with Crippen LogP contribution < -0.4 is 0 Å². The molecular formula is C84H127Cl2FO16. The van der Waals surface area contributed by atoms with Crippen LogP contribution in [0.15, 0.2) is 71.4 Å². The summed E-state index contributed by atoms with van der Waals surface area (Å²) in [5.41, 5.74) is -6.87. The summed E-state index contributed by atoms with van der Waals surface area (Å²) in [5.74, 6) is -5.28. The standard InChI is InChI=1S/C28H39ClO6.C28H39FO6.C22H31ClO4.3C2H6/c1-6-22(32)34-15-21(31)28(35-23(33)7-2)16(3)12-18-24-19(29)13-17-10-8-9-11-26(17,4)25(24)20(30)14-27(18,28)5;1-6-23(32)34-16-22(31)28(35-24(33)7-2)17(3)14-20-19-12-11-18-10-8-9-13-25(18,4)27(19,29)21(30)15-26(20,28)5;1-12-8-14-18-15(23)9-13-6-4-5-7-20(13,2)19(18)16(25)10-21(14,3)22(12,27)17(26)11-24;3*1-2/h9-11,16,18-20,24-25,30H,6-8,12-15H2,1-5H3;8-10,17,19-21,30H,6-7,11-16H2,1-5H3;5-7,12,14-16,18-19,24-25,27H,4,8-11H2,1-3H3;3*1-2H3/t16-,18+,19-,20+,24-,25+,26+,27+,28+;17-,19+,20+,21+,25+,26+,27+,28+;12-,14+,15-,16+,18-,19+,20+,21+,22+;;;/m111.../s1. The third-order valence-electron chi connectivity index (χ3n) is 28.4. The number of aliphatic hydroxyl groups is 5. The molecule has 16 nitrogen and oxygen atoms in total. The molecule has 9 saturated carbocycles. The van der Waals surface area contributed by atoms with Gasteiger partial charge in [-0.05, 0) is 119 Å². The van der Waals surface area contributed by atoms with Crippen molar-refractivity contribution in [1.82, 2.24) is 0 Å². The van der Waals surface area contributed by atoms with Crippen molar-refractivity contribution in [2.75, 3.05) is 19.8 Å². The molecule has 26 atom stereocenters. The smallest absolute Gasteiger partial charge is 0.306 e. The highest BCUT2D eigenvalue weighted by atomic mass is 35.5. The minimum Gasteiger partial charge on any atom is -0.457 e. The van der Waals surface area contributed by atoms with Gasteiger partial charge >= 0.3 is 23.9 Å².